The van der Waals surface area contributed by atoms with Crippen LogP contribution in [0.1, 0.15) is 15.9 Å². The molecule has 0 radical (unpaired) electrons. The maximum atomic E-state index is 12.3. The Labute approximate surface area is 146 Å². The van der Waals surface area contributed by atoms with Crippen LogP contribution >= 0.6 is 11.8 Å². The smallest absolute Gasteiger partial charge is 0.203 e. The first kappa shape index (κ1) is 16.9. The highest BCUT2D eigenvalue weighted by Gasteiger charge is 2.15. The van der Waals surface area contributed by atoms with Crippen molar-refractivity contribution in [2.75, 3.05) is 26.1 Å². The molecular weight excluding hydrogens is 322 g/mol. The number of thioether (sulfide) groups is 1. The first-order valence-electron chi connectivity index (χ1n) is 7.96. The predicted octanol–water partition coefficient (Wildman–Crippen LogP) is 3.16. The Kier molecular flexibility index (Phi) is 5.77. The quantitative estimate of drug-likeness (QED) is 0.783. The van der Waals surface area contributed by atoms with E-state index in [0.717, 1.165) is 18.8 Å². The van der Waals surface area contributed by atoms with E-state index in [-0.39, 0.29) is 12.4 Å². The topological polar surface area (TPSA) is 47.6 Å². The van der Waals surface area contributed by atoms with Gasteiger partial charge in [-0.1, -0.05) is 24.3 Å². The zero-order chi connectivity index (χ0) is 16.8. The van der Waals surface area contributed by atoms with E-state index in [1.165, 1.54) is 5.56 Å². The van der Waals surface area contributed by atoms with Crippen LogP contribution < -0.4 is 14.8 Å². The summed E-state index contributed by atoms with van der Waals surface area (Å²) in [6, 6.07) is 15.2. The molecule has 0 bridgehead atoms. The van der Waals surface area contributed by atoms with Crippen molar-refractivity contribution >= 4 is 17.5 Å². The van der Waals surface area contributed by atoms with E-state index in [1.54, 1.807) is 19.2 Å². The zero-order valence-corrected chi connectivity index (χ0v) is 14.5. The first-order chi connectivity index (χ1) is 11.8. The molecule has 0 spiro atoms. The maximum Gasteiger partial charge on any atom is 0.203 e. The third-order valence-corrected chi connectivity index (χ3v) is 5.13. The van der Waals surface area contributed by atoms with E-state index in [4.69, 9.17) is 9.47 Å². The summed E-state index contributed by atoms with van der Waals surface area (Å²) in [6.07, 6.45) is 1.05. The molecule has 0 aromatic heterocycles. The molecule has 4 nitrogen and oxygen atoms in total. The van der Waals surface area contributed by atoms with Gasteiger partial charge in [0, 0.05) is 17.7 Å². The first-order valence-corrected chi connectivity index (χ1v) is 9.01. The molecule has 1 heterocycles. The number of hydrogen-bond donors (Lipinski definition) is 1. The fraction of sp³-hybridized carbons (Fsp3) is 0.316. The number of Topliss-reactive ketones (excluding diaryl/α,β-unsaturated/α-hetero) is 1. The van der Waals surface area contributed by atoms with Crippen LogP contribution in [0.25, 0.3) is 0 Å². The molecule has 3 rings (SSSR count). The monoisotopic (exact) mass is 343 g/mol. The highest BCUT2D eigenvalue weighted by Crippen LogP contribution is 2.22. The standard InChI is InChI=1S/C19H21NO3S/c1-22-19-5-3-2-4-17(19)18(21)12-23-15-8-6-14(7-9-15)10-16-11-20-13-24-16/h2-9,16,20H,10-13H2,1H3. The molecule has 1 atom stereocenters. The number of hydrogen-bond acceptors (Lipinski definition) is 5. The van der Waals surface area contributed by atoms with Gasteiger partial charge in [0.05, 0.1) is 12.7 Å². The van der Waals surface area contributed by atoms with Crippen LogP contribution in [0, 0.1) is 0 Å². The van der Waals surface area contributed by atoms with Crippen LogP contribution in [0.2, 0.25) is 0 Å². The van der Waals surface area contributed by atoms with Gasteiger partial charge >= 0.3 is 0 Å². The normalized spacial score (nSPS) is 16.8. The van der Waals surface area contributed by atoms with Gasteiger partial charge in [0.2, 0.25) is 5.78 Å². The molecule has 1 N–H and O–H groups in total. The van der Waals surface area contributed by atoms with Crippen molar-refractivity contribution in [2.45, 2.75) is 11.7 Å². The number of para-hydroxylation sites is 1. The average Bonchev–Trinajstić information content (AvgIpc) is 3.14. The Morgan fingerprint density at radius 1 is 1.21 bits per heavy atom. The summed E-state index contributed by atoms with van der Waals surface area (Å²) in [5.74, 6) is 2.23. The van der Waals surface area contributed by atoms with Crippen molar-refractivity contribution in [1.82, 2.24) is 5.32 Å². The van der Waals surface area contributed by atoms with Crippen LogP contribution in [-0.2, 0) is 6.42 Å². The minimum Gasteiger partial charge on any atom is -0.496 e. The maximum absolute atomic E-state index is 12.3. The van der Waals surface area contributed by atoms with Crippen molar-refractivity contribution in [3.63, 3.8) is 0 Å². The number of ether oxygens (including phenoxy) is 2. The summed E-state index contributed by atoms with van der Waals surface area (Å²) in [5, 5.41) is 3.99. The minimum absolute atomic E-state index is 0.00210. The van der Waals surface area contributed by atoms with Gasteiger partial charge < -0.3 is 14.8 Å². The lowest BCUT2D eigenvalue weighted by Crippen LogP contribution is -2.15. The molecule has 1 unspecified atom stereocenters. The van der Waals surface area contributed by atoms with Gasteiger partial charge in [-0.2, -0.15) is 0 Å². The van der Waals surface area contributed by atoms with Crippen molar-refractivity contribution in [3.05, 3.63) is 59.7 Å². The molecule has 126 valence electrons. The summed E-state index contributed by atoms with van der Waals surface area (Å²) < 4.78 is 10.8. The average molecular weight is 343 g/mol. The molecule has 0 saturated carbocycles. The Morgan fingerprint density at radius 3 is 2.71 bits per heavy atom. The zero-order valence-electron chi connectivity index (χ0n) is 13.7. The van der Waals surface area contributed by atoms with Gasteiger partial charge in [0.25, 0.3) is 0 Å². The van der Waals surface area contributed by atoms with E-state index in [1.807, 2.05) is 36.0 Å². The molecule has 24 heavy (non-hydrogen) atoms. The number of nitrogens with one attached hydrogen (secondary N) is 1. The van der Waals surface area contributed by atoms with Gasteiger partial charge in [0.1, 0.15) is 11.5 Å². The van der Waals surface area contributed by atoms with Gasteiger partial charge in [-0.3, -0.25) is 4.79 Å². The minimum atomic E-state index is -0.0926. The van der Waals surface area contributed by atoms with E-state index < -0.39 is 0 Å². The molecule has 2 aromatic carbocycles. The van der Waals surface area contributed by atoms with Gasteiger partial charge in [-0.05, 0) is 36.2 Å². The lowest BCUT2D eigenvalue weighted by molar-refractivity contribution is 0.0918. The highest BCUT2D eigenvalue weighted by atomic mass is 32.2. The summed E-state index contributed by atoms with van der Waals surface area (Å²) >= 11 is 1.96. The molecule has 5 heteroatoms. The number of methoxy groups -OCH3 is 1. The molecule has 1 saturated heterocycles. The molecule has 2 aromatic rings. The third-order valence-electron chi connectivity index (χ3n) is 3.96. The largest absolute Gasteiger partial charge is 0.496 e. The van der Waals surface area contributed by atoms with Crippen molar-refractivity contribution < 1.29 is 14.3 Å². The molecule has 1 fully saturated rings. The second kappa shape index (κ2) is 8.22. The van der Waals surface area contributed by atoms with E-state index in [2.05, 4.69) is 17.4 Å². The Hall–Kier alpha value is -1.98. The van der Waals surface area contributed by atoms with Crippen molar-refractivity contribution in [2.24, 2.45) is 0 Å². The summed E-state index contributed by atoms with van der Waals surface area (Å²) in [7, 11) is 1.56. The number of ketones is 1. The van der Waals surface area contributed by atoms with Gasteiger partial charge in [0.15, 0.2) is 6.61 Å². The SMILES string of the molecule is COc1ccccc1C(=O)COc1ccc(CC2CNCS2)cc1. The summed E-state index contributed by atoms with van der Waals surface area (Å²) in [5.41, 5.74) is 1.84. The molecule has 1 aliphatic rings. The summed E-state index contributed by atoms with van der Waals surface area (Å²) in [6.45, 7) is 1.07. The third kappa shape index (κ3) is 4.30. The fourth-order valence-electron chi connectivity index (χ4n) is 2.67. The number of carbonyl (C=O) groups excluding carboxylic acids is 1. The van der Waals surface area contributed by atoms with E-state index >= 15 is 0 Å². The van der Waals surface area contributed by atoms with Gasteiger partial charge in [-0.25, -0.2) is 0 Å². The second-order valence-corrected chi connectivity index (χ2v) is 6.94. The van der Waals surface area contributed by atoms with Crippen molar-refractivity contribution in [3.8, 4) is 11.5 Å². The van der Waals surface area contributed by atoms with E-state index in [9.17, 15) is 4.79 Å². The van der Waals surface area contributed by atoms with Crippen LogP contribution in [0.4, 0.5) is 0 Å². The molecule has 1 aliphatic heterocycles. The number of carbonyl (C=O) groups is 1. The van der Waals surface area contributed by atoms with Crippen LogP contribution in [0.3, 0.4) is 0 Å². The highest BCUT2D eigenvalue weighted by molar-refractivity contribution is 8.00. The molecule has 0 amide bonds. The summed E-state index contributed by atoms with van der Waals surface area (Å²) in [4.78, 5) is 12.3. The number of benzene rings is 2. The van der Waals surface area contributed by atoms with Crippen molar-refractivity contribution in [1.29, 1.82) is 0 Å². The predicted molar refractivity (Wildman–Crippen MR) is 97.2 cm³/mol. The van der Waals surface area contributed by atoms with Crippen LogP contribution in [0.5, 0.6) is 11.5 Å². The van der Waals surface area contributed by atoms with Crippen LogP contribution in [0.15, 0.2) is 48.5 Å². The van der Waals surface area contributed by atoms with E-state index in [0.29, 0.717) is 22.3 Å². The second-order valence-electron chi connectivity index (χ2n) is 5.65. The molecular formula is C19H21NO3S. The van der Waals surface area contributed by atoms with Crippen LogP contribution in [-0.4, -0.2) is 37.2 Å². The number of rotatable bonds is 7. The fourth-order valence-corrected chi connectivity index (χ4v) is 3.69. The van der Waals surface area contributed by atoms with Gasteiger partial charge in [-0.15, -0.1) is 11.8 Å². The lowest BCUT2D eigenvalue weighted by atomic mass is 10.1. The Balaban J connectivity index is 1.55. The lowest BCUT2D eigenvalue weighted by Gasteiger charge is -2.10. The Morgan fingerprint density at radius 2 is 2.00 bits per heavy atom. The Bertz CT molecular complexity index is 681. The molecule has 0 aliphatic carbocycles.